The second-order valence-electron chi connectivity index (χ2n) is 5.49. The van der Waals surface area contributed by atoms with E-state index in [1.54, 1.807) is 12.4 Å². The largest absolute Gasteiger partial charge is 0.334 e. The van der Waals surface area contributed by atoms with E-state index < -0.39 is 0 Å². The van der Waals surface area contributed by atoms with Crippen LogP contribution in [0.4, 0.5) is 0 Å². The molecule has 0 spiro atoms. The maximum Gasteiger partial charge on any atom is 0.258 e. The fourth-order valence-electron chi connectivity index (χ4n) is 2.42. The third kappa shape index (κ3) is 2.36. The van der Waals surface area contributed by atoms with Crippen LogP contribution >= 0.6 is 0 Å². The highest BCUT2D eigenvalue weighted by Gasteiger charge is 2.13. The summed E-state index contributed by atoms with van der Waals surface area (Å²) in [4.78, 5) is 8.42. The lowest BCUT2D eigenvalue weighted by Gasteiger charge is -2.04. The van der Waals surface area contributed by atoms with Crippen molar-refractivity contribution in [2.24, 2.45) is 0 Å². The molecule has 0 fully saturated rings. The second-order valence-corrected chi connectivity index (χ2v) is 5.49. The molecule has 0 saturated carbocycles. The van der Waals surface area contributed by atoms with Crippen molar-refractivity contribution in [3.8, 4) is 22.8 Å². The Labute approximate surface area is 132 Å². The number of benzene rings is 1. The van der Waals surface area contributed by atoms with Gasteiger partial charge in [0, 0.05) is 29.6 Å². The van der Waals surface area contributed by atoms with E-state index in [1.165, 1.54) is 0 Å². The van der Waals surface area contributed by atoms with Gasteiger partial charge in [0.25, 0.3) is 5.89 Å². The van der Waals surface area contributed by atoms with Crippen molar-refractivity contribution < 1.29 is 4.52 Å². The van der Waals surface area contributed by atoms with Gasteiger partial charge >= 0.3 is 0 Å². The third-order valence-corrected chi connectivity index (χ3v) is 3.57. The first-order chi connectivity index (χ1) is 11.2. The average molecular weight is 306 g/mol. The van der Waals surface area contributed by atoms with Crippen molar-refractivity contribution in [3.63, 3.8) is 0 Å². The first kappa shape index (κ1) is 13.6. The molecular formula is C16H14N6O. The van der Waals surface area contributed by atoms with Crippen LogP contribution in [0, 0.1) is 0 Å². The summed E-state index contributed by atoms with van der Waals surface area (Å²) in [5.74, 6) is 0.992. The molecule has 0 unspecified atom stereocenters. The molecule has 0 N–H and O–H groups in total. The minimum atomic E-state index is 0.257. The Morgan fingerprint density at radius 3 is 2.65 bits per heavy atom. The number of nitrogens with zero attached hydrogens (tertiary/aromatic N) is 6. The van der Waals surface area contributed by atoms with Crippen molar-refractivity contribution in [2.75, 3.05) is 0 Å². The maximum absolute atomic E-state index is 5.37. The standard InChI is InChI=1S/C16H14N6O/c1-10(2)22-14-4-3-12(9-13(14)19-21-22)16-18-15(20-23-16)11-5-7-17-8-6-11/h3-10H,1-2H3. The molecule has 0 aliphatic carbocycles. The van der Waals surface area contributed by atoms with Gasteiger partial charge in [-0.05, 0) is 44.2 Å². The molecule has 7 nitrogen and oxygen atoms in total. The molecular weight excluding hydrogens is 292 g/mol. The van der Waals surface area contributed by atoms with Crippen molar-refractivity contribution >= 4 is 11.0 Å². The Morgan fingerprint density at radius 1 is 1.04 bits per heavy atom. The fourth-order valence-corrected chi connectivity index (χ4v) is 2.42. The summed E-state index contributed by atoms with van der Waals surface area (Å²) in [5.41, 5.74) is 3.47. The van der Waals surface area contributed by atoms with Gasteiger partial charge in [-0.2, -0.15) is 4.98 Å². The van der Waals surface area contributed by atoms with Crippen LogP contribution in [0.3, 0.4) is 0 Å². The lowest BCUT2D eigenvalue weighted by atomic mass is 10.2. The maximum atomic E-state index is 5.37. The second kappa shape index (κ2) is 5.28. The SMILES string of the molecule is CC(C)n1nnc2cc(-c3nc(-c4ccncc4)no3)ccc21. The van der Waals surface area contributed by atoms with Gasteiger partial charge in [-0.25, -0.2) is 4.68 Å². The molecule has 1 aromatic carbocycles. The van der Waals surface area contributed by atoms with E-state index in [9.17, 15) is 0 Å². The molecule has 0 aliphatic heterocycles. The quantitative estimate of drug-likeness (QED) is 0.578. The zero-order valence-electron chi connectivity index (χ0n) is 12.7. The monoisotopic (exact) mass is 306 g/mol. The van der Waals surface area contributed by atoms with Crippen molar-refractivity contribution in [1.82, 2.24) is 30.1 Å². The number of hydrogen-bond acceptors (Lipinski definition) is 6. The highest BCUT2D eigenvalue weighted by atomic mass is 16.5. The van der Waals surface area contributed by atoms with Crippen LogP contribution in [0.1, 0.15) is 19.9 Å². The Bertz CT molecular complexity index is 957. The number of rotatable bonds is 3. The van der Waals surface area contributed by atoms with Gasteiger partial charge in [-0.1, -0.05) is 10.4 Å². The molecule has 0 atom stereocenters. The summed E-state index contributed by atoms with van der Waals surface area (Å²) in [6.07, 6.45) is 3.39. The van der Waals surface area contributed by atoms with Crippen LogP contribution in [0.2, 0.25) is 0 Å². The number of hydrogen-bond donors (Lipinski definition) is 0. The van der Waals surface area contributed by atoms with Gasteiger partial charge < -0.3 is 4.52 Å². The predicted octanol–water partition coefficient (Wildman–Crippen LogP) is 3.12. The number of fused-ring (bicyclic) bond motifs is 1. The van der Waals surface area contributed by atoms with Crippen molar-refractivity contribution in [2.45, 2.75) is 19.9 Å². The van der Waals surface area contributed by atoms with Crippen LogP contribution in [0.25, 0.3) is 33.9 Å². The van der Waals surface area contributed by atoms with Gasteiger partial charge in [0.05, 0.1) is 5.52 Å². The summed E-state index contributed by atoms with van der Waals surface area (Å²) in [7, 11) is 0. The summed E-state index contributed by atoms with van der Waals surface area (Å²) >= 11 is 0. The van der Waals surface area contributed by atoms with E-state index >= 15 is 0 Å². The molecule has 3 heterocycles. The Kier molecular flexibility index (Phi) is 3.11. The molecule has 0 saturated heterocycles. The molecule has 4 aromatic rings. The molecule has 0 amide bonds. The lowest BCUT2D eigenvalue weighted by Crippen LogP contribution is -2.02. The minimum absolute atomic E-state index is 0.257. The van der Waals surface area contributed by atoms with E-state index in [4.69, 9.17) is 4.52 Å². The Balaban J connectivity index is 1.74. The van der Waals surface area contributed by atoms with E-state index in [0.29, 0.717) is 11.7 Å². The molecule has 7 heteroatoms. The van der Waals surface area contributed by atoms with Gasteiger partial charge in [0.1, 0.15) is 5.52 Å². The first-order valence-electron chi connectivity index (χ1n) is 7.32. The van der Waals surface area contributed by atoms with Crippen LogP contribution in [0.5, 0.6) is 0 Å². The van der Waals surface area contributed by atoms with E-state index in [-0.39, 0.29) is 6.04 Å². The predicted molar refractivity (Wildman–Crippen MR) is 84.4 cm³/mol. The molecule has 23 heavy (non-hydrogen) atoms. The van der Waals surface area contributed by atoms with E-state index in [0.717, 1.165) is 22.2 Å². The van der Waals surface area contributed by atoms with Gasteiger partial charge in [-0.3, -0.25) is 4.98 Å². The van der Waals surface area contributed by atoms with Gasteiger partial charge in [0.2, 0.25) is 5.82 Å². The van der Waals surface area contributed by atoms with Crippen LogP contribution in [-0.2, 0) is 0 Å². The smallest absolute Gasteiger partial charge is 0.258 e. The minimum Gasteiger partial charge on any atom is -0.334 e. The Morgan fingerprint density at radius 2 is 1.87 bits per heavy atom. The first-order valence-corrected chi connectivity index (χ1v) is 7.32. The highest BCUT2D eigenvalue weighted by Crippen LogP contribution is 2.25. The molecule has 4 rings (SSSR count). The van der Waals surface area contributed by atoms with Crippen molar-refractivity contribution in [1.29, 1.82) is 0 Å². The third-order valence-electron chi connectivity index (χ3n) is 3.57. The zero-order valence-corrected chi connectivity index (χ0v) is 12.7. The van der Waals surface area contributed by atoms with E-state index in [1.807, 2.05) is 35.0 Å². The lowest BCUT2D eigenvalue weighted by molar-refractivity contribution is 0.432. The average Bonchev–Trinajstić information content (AvgIpc) is 3.22. The topological polar surface area (TPSA) is 82.5 Å². The highest BCUT2D eigenvalue weighted by molar-refractivity contribution is 5.79. The summed E-state index contributed by atoms with van der Waals surface area (Å²) in [5, 5.41) is 12.4. The summed E-state index contributed by atoms with van der Waals surface area (Å²) in [6, 6.07) is 9.76. The summed E-state index contributed by atoms with van der Waals surface area (Å²) in [6.45, 7) is 4.14. The molecule has 0 aliphatic rings. The molecule has 0 bridgehead atoms. The van der Waals surface area contributed by atoms with Crippen LogP contribution in [-0.4, -0.2) is 30.1 Å². The zero-order chi connectivity index (χ0) is 15.8. The van der Waals surface area contributed by atoms with Crippen LogP contribution < -0.4 is 0 Å². The van der Waals surface area contributed by atoms with E-state index in [2.05, 4.69) is 39.3 Å². The normalized spacial score (nSPS) is 11.4. The molecule has 0 radical (unpaired) electrons. The van der Waals surface area contributed by atoms with Gasteiger partial charge in [0.15, 0.2) is 0 Å². The molecule has 114 valence electrons. The van der Waals surface area contributed by atoms with Gasteiger partial charge in [-0.15, -0.1) is 5.10 Å². The summed E-state index contributed by atoms with van der Waals surface area (Å²) < 4.78 is 7.26. The molecule has 3 aromatic heterocycles. The fraction of sp³-hybridized carbons (Fsp3) is 0.188. The number of pyridine rings is 1. The number of aromatic nitrogens is 6. The van der Waals surface area contributed by atoms with Crippen molar-refractivity contribution in [3.05, 3.63) is 42.7 Å². The Hall–Kier alpha value is -3.09. The van der Waals surface area contributed by atoms with Crippen LogP contribution in [0.15, 0.2) is 47.2 Å².